The van der Waals surface area contributed by atoms with E-state index < -0.39 is 6.10 Å². The van der Waals surface area contributed by atoms with Gasteiger partial charge in [-0.25, -0.2) is 0 Å². The van der Waals surface area contributed by atoms with Crippen LogP contribution in [0.3, 0.4) is 0 Å². The van der Waals surface area contributed by atoms with Crippen molar-refractivity contribution in [1.29, 1.82) is 0 Å². The smallest absolute Gasteiger partial charge is 0.0900 e. The minimum atomic E-state index is -0.475. The fourth-order valence-corrected chi connectivity index (χ4v) is 4.33. The Labute approximate surface area is 175 Å². The van der Waals surface area contributed by atoms with Crippen molar-refractivity contribution in [3.05, 3.63) is 72.1 Å². The van der Waals surface area contributed by atoms with E-state index in [2.05, 4.69) is 65.6 Å². The van der Waals surface area contributed by atoms with E-state index in [1.165, 1.54) is 48.9 Å². The van der Waals surface area contributed by atoms with Crippen LogP contribution in [0.4, 0.5) is 0 Å². The molecule has 4 heteroatoms. The van der Waals surface area contributed by atoms with E-state index in [9.17, 15) is 5.11 Å². The van der Waals surface area contributed by atoms with Crippen molar-refractivity contribution in [2.45, 2.75) is 64.3 Å². The first-order valence-corrected chi connectivity index (χ1v) is 11.0. The SMILES string of the molecule is C=CCOC[C@H](O)CN(Cc1cccn1Cc1ccccc1C)C1CCCCC1. The van der Waals surface area contributed by atoms with Crippen LogP contribution >= 0.6 is 0 Å². The average Bonchev–Trinajstić information content (AvgIpc) is 3.17. The Morgan fingerprint density at radius 1 is 1.21 bits per heavy atom. The van der Waals surface area contributed by atoms with Gasteiger partial charge in [-0.1, -0.05) is 49.6 Å². The van der Waals surface area contributed by atoms with Crippen LogP contribution in [-0.4, -0.2) is 46.5 Å². The maximum atomic E-state index is 10.5. The summed E-state index contributed by atoms with van der Waals surface area (Å²) in [5, 5.41) is 10.5. The van der Waals surface area contributed by atoms with Crippen LogP contribution in [0.2, 0.25) is 0 Å². The van der Waals surface area contributed by atoms with Gasteiger partial charge < -0.3 is 14.4 Å². The van der Waals surface area contributed by atoms with Crippen LogP contribution in [0.1, 0.15) is 48.9 Å². The molecule has 29 heavy (non-hydrogen) atoms. The van der Waals surface area contributed by atoms with Crippen molar-refractivity contribution in [1.82, 2.24) is 9.47 Å². The summed E-state index contributed by atoms with van der Waals surface area (Å²) in [4.78, 5) is 2.48. The van der Waals surface area contributed by atoms with Crippen molar-refractivity contribution >= 4 is 0 Å². The second kappa shape index (κ2) is 11.3. The molecule has 3 rings (SSSR count). The molecule has 0 saturated heterocycles. The summed E-state index contributed by atoms with van der Waals surface area (Å²) >= 11 is 0. The molecule has 0 radical (unpaired) electrons. The van der Waals surface area contributed by atoms with Gasteiger partial charge in [0.15, 0.2) is 0 Å². The third-order valence-corrected chi connectivity index (χ3v) is 5.97. The van der Waals surface area contributed by atoms with Crippen molar-refractivity contribution in [2.24, 2.45) is 0 Å². The van der Waals surface area contributed by atoms with E-state index in [-0.39, 0.29) is 0 Å². The lowest BCUT2D eigenvalue weighted by Crippen LogP contribution is -2.42. The number of aliphatic hydroxyl groups excluding tert-OH is 1. The number of ether oxygens (including phenoxy) is 1. The summed E-state index contributed by atoms with van der Waals surface area (Å²) < 4.78 is 7.83. The Morgan fingerprint density at radius 2 is 2.00 bits per heavy atom. The van der Waals surface area contributed by atoms with Gasteiger partial charge in [-0.05, 0) is 43.0 Å². The molecule has 1 saturated carbocycles. The monoisotopic (exact) mass is 396 g/mol. The Balaban J connectivity index is 1.69. The summed E-state index contributed by atoms with van der Waals surface area (Å²) in [7, 11) is 0. The zero-order valence-electron chi connectivity index (χ0n) is 17.8. The lowest BCUT2D eigenvalue weighted by atomic mass is 9.94. The quantitative estimate of drug-likeness (QED) is 0.447. The summed E-state index contributed by atoms with van der Waals surface area (Å²) in [5.74, 6) is 0. The standard InChI is InChI=1S/C25H36N2O2/c1-3-16-29-20-25(28)19-27(23-12-5-4-6-13-23)18-24-14-9-15-26(24)17-22-11-8-7-10-21(22)2/h3,7-11,14-15,23,25,28H,1,4-6,12-13,16-20H2,2H3/t25-/m1/s1. The summed E-state index contributed by atoms with van der Waals surface area (Å²) in [6.07, 6.45) is 9.77. The van der Waals surface area contributed by atoms with Crippen LogP contribution in [0.5, 0.6) is 0 Å². The normalized spacial score (nSPS) is 16.2. The number of hydrogen-bond donors (Lipinski definition) is 1. The number of aryl methyl sites for hydroxylation is 1. The van der Waals surface area contributed by atoms with E-state index in [0.29, 0.717) is 25.8 Å². The van der Waals surface area contributed by atoms with Crippen LogP contribution in [0, 0.1) is 6.92 Å². The first-order chi connectivity index (χ1) is 14.2. The largest absolute Gasteiger partial charge is 0.389 e. The van der Waals surface area contributed by atoms with Crippen LogP contribution in [0.15, 0.2) is 55.3 Å². The van der Waals surface area contributed by atoms with E-state index in [1.807, 2.05) is 0 Å². The zero-order chi connectivity index (χ0) is 20.5. The maximum absolute atomic E-state index is 10.5. The van der Waals surface area contributed by atoms with Crippen LogP contribution in [0.25, 0.3) is 0 Å². The molecule has 1 aliphatic carbocycles. The fourth-order valence-electron chi connectivity index (χ4n) is 4.33. The highest BCUT2D eigenvalue weighted by molar-refractivity contribution is 5.26. The molecular formula is C25H36N2O2. The Morgan fingerprint density at radius 3 is 2.76 bits per heavy atom. The van der Waals surface area contributed by atoms with Gasteiger partial charge in [-0.2, -0.15) is 0 Å². The lowest BCUT2D eigenvalue weighted by molar-refractivity contribution is 0.00891. The third kappa shape index (κ3) is 6.56. The molecule has 1 aromatic heterocycles. The third-order valence-electron chi connectivity index (χ3n) is 5.97. The van der Waals surface area contributed by atoms with Crippen molar-refractivity contribution in [2.75, 3.05) is 19.8 Å². The maximum Gasteiger partial charge on any atom is 0.0900 e. The number of nitrogens with zero attached hydrogens (tertiary/aromatic N) is 2. The minimum absolute atomic E-state index is 0.361. The highest BCUT2D eigenvalue weighted by Gasteiger charge is 2.24. The Bertz CT molecular complexity index is 749. The summed E-state index contributed by atoms with van der Waals surface area (Å²) in [6, 6.07) is 13.5. The van der Waals surface area contributed by atoms with Gasteiger partial charge >= 0.3 is 0 Å². The number of rotatable bonds is 11. The molecule has 1 atom stereocenters. The molecule has 1 aliphatic rings. The van der Waals surface area contributed by atoms with Gasteiger partial charge in [0.1, 0.15) is 0 Å². The number of aromatic nitrogens is 1. The predicted molar refractivity (Wildman–Crippen MR) is 119 cm³/mol. The van der Waals surface area contributed by atoms with E-state index in [4.69, 9.17) is 4.74 Å². The molecule has 0 amide bonds. The van der Waals surface area contributed by atoms with Gasteiger partial charge in [-0.3, -0.25) is 4.90 Å². The molecule has 0 spiro atoms. The van der Waals surface area contributed by atoms with Gasteiger partial charge in [-0.15, -0.1) is 6.58 Å². The first-order valence-electron chi connectivity index (χ1n) is 11.0. The molecule has 2 aromatic rings. The topological polar surface area (TPSA) is 37.6 Å². The molecule has 1 N–H and O–H groups in total. The lowest BCUT2D eigenvalue weighted by Gasteiger charge is -2.35. The molecule has 1 aromatic carbocycles. The predicted octanol–water partition coefficient (Wildman–Crippen LogP) is 4.54. The summed E-state index contributed by atoms with van der Waals surface area (Å²) in [5.41, 5.74) is 3.98. The summed E-state index contributed by atoms with van der Waals surface area (Å²) in [6.45, 7) is 9.09. The molecule has 4 nitrogen and oxygen atoms in total. The number of aliphatic hydroxyl groups is 1. The first kappa shape index (κ1) is 21.8. The number of hydrogen-bond acceptors (Lipinski definition) is 3. The fraction of sp³-hybridized carbons (Fsp3) is 0.520. The van der Waals surface area contributed by atoms with Gasteiger partial charge in [0.2, 0.25) is 0 Å². The molecule has 0 unspecified atom stereocenters. The van der Waals surface area contributed by atoms with Crippen LogP contribution in [-0.2, 0) is 17.8 Å². The van der Waals surface area contributed by atoms with Gasteiger partial charge in [0.05, 0.1) is 19.3 Å². The number of benzene rings is 1. The van der Waals surface area contributed by atoms with Gasteiger partial charge in [0.25, 0.3) is 0 Å². The zero-order valence-corrected chi connectivity index (χ0v) is 17.8. The Hall–Kier alpha value is -1.88. The van der Waals surface area contributed by atoms with Crippen LogP contribution < -0.4 is 0 Å². The van der Waals surface area contributed by atoms with E-state index in [0.717, 1.165) is 13.1 Å². The van der Waals surface area contributed by atoms with Gasteiger partial charge in [0, 0.05) is 37.6 Å². The Kier molecular flexibility index (Phi) is 8.53. The highest BCUT2D eigenvalue weighted by atomic mass is 16.5. The second-order valence-electron chi connectivity index (χ2n) is 8.26. The second-order valence-corrected chi connectivity index (χ2v) is 8.26. The van der Waals surface area contributed by atoms with E-state index >= 15 is 0 Å². The molecule has 0 bridgehead atoms. The van der Waals surface area contributed by atoms with Crippen molar-refractivity contribution < 1.29 is 9.84 Å². The minimum Gasteiger partial charge on any atom is -0.389 e. The van der Waals surface area contributed by atoms with Crippen molar-refractivity contribution in [3.63, 3.8) is 0 Å². The average molecular weight is 397 g/mol. The molecule has 1 heterocycles. The molecule has 0 aliphatic heterocycles. The highest BCUT2D eigenvalue weighted by Crippen LogP contribution is 2.25. The molecular weight excluding hydrogens is 360 g/mol. The molecule has 1 fully saturated rings. The van der Waals surface area contributed by atoms with Crippen molar-refractivity contribution in [3.8, 4) is 0 Å². The molecule has 158 valence electrons. The van der Waals surface area contributed by atoms with E-state index in [1.54, 1.807) is 6.08 Å².